The van der Waals surface area contributed by atoms with E-state index in [-0.39, 0.29) is 12.5 Å². The maximum Gasteiger partial charge on any atom is 0.261 e. The standard InChI is InChI=1S/C16H26N2O3S/c1-4-13-12(2)9-14(22-13)15(19)17-10-16(3,20)11-18-5-7-21-8-6-18/h9,20H,4-8,10-11H2,1-3H3,(H,17,19). The highest BCUT2D eigenvalue weighted by molar-refractivity contribution is 7.14. The first-order valence-corrected chi connectivity index (χ1v) is 8.63. The third-order valence-electron chi connectivity index (χ3n) is 3.86. The molecule has 22 heavy (non-hydrogen) atoms. The molecule has 1 aliphatic heterocycles. The molecular weight excluding hydrogens is 300 g/mol. The van der Waals surface area contributed by atoms with E-state index in [1.807, 2.05) is 13.0 Å². The molecule has 1 fully saturated rings. The number of aliphatic hydroxyl groups is 1. The van der Waals surface area contributed by atoms with Gasteiger partial charge in [0, 0.05) is 31.1 Å². The summed E-state index contributed by atoms with van der Waals surface area (Å²) < 4.78 is 5.30. The van der Waals surface area contributed by atoms with Crippen LogP contribution in [0.1, 0.15) is 34.0 Å². The van der Waals surface area contributed by atoms with Crippen molar-refractivity contribution in [3.63, 3.8) is 0 Å². The first-order chi connectivity index (χ1) is 10.4. The van der Waals surface area contributed by atoms with Crippen LogP contribution in [-0.4, -0.2) is 60.9 Å². The molecule has 0 aliphatic carbocycles. The normalized spacial score (nSPS) is 18.9. The van der Waals surface area contributed by atoms with Gasteiger partial charge in [-0.05, 0) is 31.9 Å². The van der Waals surface area contributed by atoms with E-state index in [9.17, 15) is 9.90 Å². The van der Waals surface area contributed by atoms with Gasteiger partial charge < -0.3 is 15.2 Å². The Morgan fingerprint density at radius 1 is 1.50 bits per heavy atom. The van der Waals surface area contributed by atoms with Gasteiger partial charge in [-0.1, -0.05) is 6.92 Å². The van der Waals surface area contributed by atoms with E-state index in [1.165, 1.54) is 16.2 Å². The lowest BCUT2D eigenvalue weighted by atomic mass is 10.1. The lowest BCUT2D eigenvalue weighted by molar-refractivity contribution is -0.0213. The van der Waals surface area contributed by atoms with Gasteiger partial charge in [-0.25, -0.2) is 0 Å². The number of aryl methyl sites for hydroxylation is 2. The molecule has 1 aromatic heterocycles. The van der Waals surface area contributed by atoms with Crippen LogP contribution >= 0.6 is 11.3 Å². The number of ether oxygens (including phenoxy) is 1. The van der Waals surface area contributed by atoms with Crippen LogP contribution in [0.15, 0.2) is 6.07 Å². The Morgan fingerprint density at radius 3 is 2.77 bits per heavy atom. The number of hydrogen-bond acceptors (Lipinski definition) is 5. The van der Waals surface area contributed by atoms with Crippen LogP contribution in [0.2, 0.25) is 0 Å². The summed E-state index contributed by atoms with van der Waals surface area (Å²) in [6, 6.07) is 1.93. The van der Waals surface area contributed by atoms with E-state index in [2.05, 4.69) is 17.1 Å². The number of nitrogens with zero attached hydrogens (tertiary/aromatic N) is 1. The predicted molar refractivity (Wildman–Crippen MR) is 88.7 cm³/mol. The Labute approximate surface area is 136 Å². The van der Waals surface area contributed by atoms with Crippen molar-refractivity contribution in [2.45, 2.75) is 32.8 Å². The van der Waals surface area contributed by atoms with Gasteiger partial charge in [0.05, 0.1) is 23.7 Å². The minimum atomic E-state index is -0.938. The molecule has 124 valence electrons. The maximum atomic E-state index is 12.2. The smallest absolute Gasteiger partial charge is 0.261 e. The van der Waals surface area contributed by atoms with Gasteiger partial charge in [0.2, 0.25) is 0 Å². The summed E-state index contributed by atoms with van der Waals surface area (Å²) in [6.07, 6.45) is 0.943. The van der Waals surface area contributed by atoms with Crippen molar-refractivity contribution in [3.05, 3.63) is 21.4 Å². The fourth-order valence-electron chi connectivity index (χ4n) is 2.64. The lowest BCUT2D eigenvalue weighted by Crippen LogP contribution is -2.51. The Morgan fingerprint density at radius 2 is 2.18 bits per heavy atom. The molecule has 1 saturated heterocycles. The fourth-order valence-corrected chi connectivity index (χ4v) is 3.67. The molecule has 5 nitrogen and oxygen atoms in total. The van der Waals surface area contributed by atoms with Crippen molar-refractivity contribution < 1.29 is 14.6 Å². The van der Waals surface area contributed by atoms with Gasteiger partial charge in [0.25, 0.3) is 5.91 Å². The summed E-state index contributed by atoms with van der Waals surface area (Å²) in [5.74, 6) is -0.102. The minimum absolute atomic E-state index is 0.102. The van der Waals surface area contributed by atoms with Crippen molar-refractivity contribution in [1.82, 2.24) is 10.2 Å². The van der Waals surface area contributed by atoms with Crippen molar-refractivity contribution in [1.29, 1.82) is 0 Å². The number of thiophene rings is 1. The second-order valence-electron chi connectivity index (χ2n) is 6.14. The third-order valence-corrected chi connectivity index (χ3v) is 5.24. The number of amides is 1. The molecular formula is C16H26N2O3S. The lowest BCUT2D eigenvalue weighted by Gasteiger charge is -2.33. The number of carbonyl (C=O) groups excluding carboxylic acids is 1. The molecule has 1 aromatic rings. The number of hydrogen-bond donors (Lipinski definition) is 2. The van der Waals surface area contributed by atoms with Gasteiger partial charge in [-0.3, -0.25) is 9.69 Å². The number of nitrogens with one attached hydrogen (secondary N) is 1. The van der Waals surface area contributed by atoms with Crippen LogP contribution in [0.25, 0.3) is 0 Å². The summed E-state index contributed by atoms with van der Waals surface area (Å²) in [4.78, 5) is 16.3. The van der Waals surface area contributed by atoms with E-state index < -0.39 is 5.60 Å². The molecule has 0 bridgehead atoms. The van der Waals surface area contributed by atoms with Crippen LogP contribution in [0, 0.1) is 6.92 Å². The molecule has 0 saturated carbocycles. The van der Waals surface area contributed by atoms with Gasteiger partial charge >= 0.3 is 0 Å². The molecule has 1 atom stereocenters. The number of rotatable bonds is 6. The summed E-state index contributed by atoms with van der Waals surface area (Å²) in [7, 11) is 0. The highest BCUT2D eigenvalue weighted by atomic mass is 32.1. The first-order valence-electron chi connectivity index (χ1n) is 7.81. The highest BCUT2D eigenvalue weighted by Crippen LogP contribution is 2.22. The molecule has 1 aliphatic rings. The first kappa shape index (κ1) is 17.4. The second kappa shape index (κ2) is 7.55. The molecule has 1 unspecified atom stereocenters. The molecule has 2 N–H and O–H groups in total. The molecule has 0 radical (unpaired) electrons. The Kier molecular flexibility index (Phi) is 5.97. The fraction of sp³-hybridized carbons (Fsp3) is 0.688. The van der Waals surface area contributed by atoms with Gasteiger partial charge in [0.15, 0.2) is 0 Å². The topological polar surface area (TPSA) is 61.8 Å². The third kappa shape index (κ3) is 4.78. The Hall–Kier alpha value is -0.950. The Bertz CT molecular complexity index is 507. The number of morpholine rings is 1. The zero-order valence-electron chi connectivity index (χ0n) is 13.6. The van der Waals surface area contributed by atoms with E-state index >= 15 is 0 Å². The highest BCUT2D eigenvalue weighted by Gasteiger charge is 2.26. The summed E-state index contributed by atoms with van der Waals surface area (Å²) in [5, 5.41) is 13.3. The Balaban J connectivity index is 1.85. The quantitative estimate of drug-likeness (QED) is 0.830. The van der Waals surface area contributed by atoms with Gasteiger partial charge in [-0.15, -0.1) is 11.3 Å². The predicted octanol–water partition coefficient (Wildman–Crippen LogP) is 1.43. The summed E-state index contributed by atoms with van der Waals surface area (Å²) in [5.41, 5.74) is 0.227. The van der Waals surface area contributed by atoms with E-state index in [0.29, 0.717) is 19.8 Å². The van der Waals surface area contributed by atoms with Crippen LogP contribution < -0.4 is 5.32 Å². The molecule has 6 heteroatoms. The monoisotopic (exact) mass is 326 g/mol. The summed E-state index contributed by atoms with van der Waals surface area (Å²) >= 11 is 1.53. The average Bonchev–Trinajstić information content (AvgIpc) is 2.86. The zero-order chi connectivity index (χ0) is 16.2. The van der Waals surface area contributed by atoms with Crippen LogP contribution in [0.4, 0.5) is 0 Å². The van der Waals surface area contributed by atoms with Crippen molar-refractivity contribution in [3.8, 4) is 0 Å². The molecule has 1 amide bonds. The van der Waals surface area contributed by atoms with Crippen molar-refractivity contribution >= 4 is 17.2 Å². The van der Waals surface area contributed by atoms with Crippen LogP contribution in [0.3, 0.4) is 0 Å². The van der Waals surface area contributed by atoms with Crippen molar-refractivity contribution in [2.24, 2.45) is 0 Å². The molecule has 0 aromatic carbocycles. The van der Waals surface area contributed by atoms with E-state index in [4.69, 9.17) is 4.74 Å². The average molecular weight is 326 g/mol. The van der Waals surface area contributed by atoms with E-state index in [1.54, 1.807) is 6.92 Å². The van der Waals surface area contributed by atoms with Gasteiger partial charge in [-0.2, -0.15) is 0 Å². The SMILES string of the molecule is CCc1sc(C(=O)NCC(C)(O)CN2CCOCC2)cc1C. The zero-order valence-corrected chi connectivity index (χ0v) is 14.5. The second-order valence-corrected chi connectivity index (χ2v) is 7.28. The van der Waals surface area contributed by atoms with Crippen LogP contribution in [0.5, 0.6) is 0 Å². The number of β-amino-alcohol motifs (C(OH)–C–C–N with tert-alkyl or cyclic N) is 1. The largest absolute Gasteiger partial charge is 0.387 e. The number of carbonyl (C=O) groups is 1. The van der Waals surface area contributed by atoms with E-state index in [0.717, 1.165) is 30.0 Å². The molecule has 2 heterocycles. The maximum absolute atomic E-state index is 12.2. The molecule has 2 rings (SSSR count). The van der Waals surface area contributed by atoms with Gasteiger partial charge in [0.1, 0.15) is 0 Å². The van der Waals surface area contributed by atoms with Crippen LogP contribution in [-0.2, 0) is 11.2 Å². The van der Waals surface area contributed by atoms with Crippen molar-refractivity contribution in [2.75, 3.05) is 39.4 Å². The molecule has 0 spiro atoms. The minimum Gasteiger partial charge on any atom is -0.387 e. The summed E-state index contributed by atoms with van der Waals surface area (Å²) in [6.45, 7) is 9.74.